The van der Waals surface area contributed by atoms with Gasteiger partial charge in [-0.15, -0.1) is 0 Å². The third kappa shape index (κ3) is 5.60. The van der Waals surface area contributed by atoms with Crippen molar-refractivity contribution in [2.45, 2.75) is 20.3 Å². The van der Waals surface area contributed by atoms with E-state index in [-0.39, 0.29) is 5.91 Å². The number of hydrogen-bond acceptors (Lipinski definition) is 5. The summed E-state index contributed by atoms with van der Waals surface area (Å²) in [5.41, 5.74) is 2.03. The van der Waals surface area contributed by atoms with Gasteiger partial charge in [0, 0.05) is 24.1 Å². The maximum Gasteiger partial charge on any atom is 0.337 e. The fourth-order valence-corrected chi connectivity index (χ4v) is 2.21. The molecule has 0 fully saturated rings. The maximum atomic E-state index is 12.4. The Kier molecular flexibility index (Phi) is 6.51. The molecular weight excluding hydrogens is 318 g/mol. The van der Waals surface area contributed by atoms with E-state index in [1.54, 1.807) is 36.5 Å². The number of ether oxygens (including phenoxy) is 1. The Morgan fingerprint density at radius 3 is 2.68 bits per heavy atom. The minimum Gasteiger partial charge on any atom is -0.465 e. The summed E-state index contributed by atoms with van der Waals surface area (Å²) in [5, 5.41) is 6.03. The number of esters is 1. The molecule has 1 aromatic carbocycles. The summed E-state index contributed by atoms with van der Waals surface area (Å²) in [6.45, 7) is 5.16. The van der Waals surface area contributed by atoms with Gasteiger partial charge in [0.1, 0.15) is 5.69 Å². The molecule has 0 bridgehead atoms. The molecule has 0 saturated carbocycles. The maximum absolute atomic E-state index is 12.4. The molecule has 0 aliphatic rings. The van der Waals surface area contributed by atoms with Gasteiger partial charge in [-0.05, 0) is 42.7 Å². The first-order valence-corrected chi connectivity index (χ1v) is 8.19. The third-order valence-electron chi connectivity index (χ3n) is 3.58. The largest absolute Gasteiger partial charge is 0.465 e. The number of pyridine rings is 1. The van der Waals surface area contributed by atoms with E-state index in [9.17, 15) is 9.59 Å². The van der Waals surface area contributed by atoms with Crippen LogP contribution in [0.4, 0.5) is 11.4 Å². The van der Waals surface area contributed by atoms with Crippen molar-refractivity contribution in [3.05, 3.63) is 53.9 Å². The van der Waals surface area contributed by atoms with Gasteiger partial charge in [-0.2, -0.15) is 0 Å². The van der Waals surface area contributed by atoms with E-state index in [1.165, 1.54) is 7.11 Å². The van der Waals surface area contributed by atoms with Gasteiger partial charge in [-0.25, -0.2) is 4.79 Å². The van der Waals surface area contributed by atoms with Crippen LogP contribution in [0.1, 0.15) is 41.1 Å². The van der Waals surface area contributed by atoms with Gasteiger partial charge in [0.25, 0.3) is 5.91 Å². The Balaban J connectivity index is 2.04. The van der Waals surface area contributed by atoms with Crippen molar-refractivity contribution in [2.75, 3.05) is 24.3 Å². The summed E-state index contributed by atoms with van der Waals surface area (Å²) in [6, 6.07) is 10.1. The van der Waals surface area contributed by atoms with E-state index in [2.05, 4.69) is 34.2 Å². The Hall–Kier alpha value is -2.89. The van der Waals surface area contributed by atoms with Gasteiger partial charge < -0.3 is 15.4 Å². The lowest BCUT2D eigenvalue weighted by atomic mass is 10.1. The highest BCUT2D eigenvalue weighted by molar-refractivity contribution is 6.04. The number of nitrogens with zero attached hydrogens (tertiary/aromatic N) is 1. The van der Waals surface area contributed by atoms with Gasteiger partial charge in [0.05, 0.1) is 12.7 Å². The minimum absolute atomic E-state index is 0.304. The van der Waals surface area contributed by atoms with Crippen LogP contribution in [0.15, 0.2) is 42.6 Å². The minimum atomic E-state index is -0.453. The van der Waals surface area contributed by atoms with Crippen molar-refractivity contribution in [3.8, 4) is 0 Å². The molecule has 1 heterocycles. The summed E-state index contributed by atoms with van der Waals surface area (Å²) in [7, 11) is 1.31. The first-order chi connectivity index (χ1) is 12.0. The fourth-order valence-electron chi connectivity index (χ4n) is 2.21. The van der Waals surface area contributed by atoms with E-state index >= 15 is 0 Å². The Bertz CT molecular complexity index is 744. The number of amides is 1. The molecule has 0 aliphatic heterocycles. The lowest BCUT2D eigenvalue weighted by molar-refractivity contribution is 0.0600. The molecule has 0 atom stereocenters. The Labute approximate surface area is 147 Å². The quantitative estimate of drug-likeness (QED) is 0.753. The average Bonchev–Trinajstić information content (AvgIpc) is 2.61. The number of rotatable bonds is 7. The second kappa shape index (κ2) is 8.82. The normalized spacial score (nSPS) is 10.4. The van der Waals surface area contributed by atoms with E-state index in [4.69, 9.17) is 0 Å². The summed E-state index contributed by atoms with van der Waals surface area (Å²) in [5.74, 6) is -0.181. The highest BCUT2D eigenvalue weighted by atomic mass is 16.5. The molecule has 132 valence electrons. The number of carbonyl (C=O) groups excluding carboxylic acids is 2. The highest BCUT2D eigenvalue weighted by Gasteiger charge is 2.11. The van der Waals surface area contributed by atoms with Crippen LogP contribution in [-0.4, -0.2) is 30.5 Å². The summed E-state index contributed by atoms with van der Waals surface area (Å²) in [6.07, 6.45) is 2.64. The van der Waals surface area contributed by atoms with Crippen LogP contribution in [0.5, 0.6) is 0 Å². The number of anilines is 2. The molecule has 1 aromatic heterocycles. The second-order valence-electron chi connectivity index (χ2n) is 6.07. The monoisotopic (exact) mass is 341 g/mol. The standard InChI is InChI=1S/C19H23N3O3/c1-13(2)7-9-20-15-8-10-21-17(12-15)18(23)22-16-6-4-5-14(11-16)19(24)25-3/h4-6,8,10-13H,7,9H2,1-3H3,(H,20,21)(H,22,23). The topological polar surface area (TPSA) is 80.3 Å². The highest BCUT2D eigenvalue weighted by Crippen LogP contribution is 2.14. The van der Waals surface area contributed by atoms with E-state index in [0.29, 0.717) is 22.9 Å². The lowest BCUT2D eigenvalue weighted by Crippen LogP contribution is -2.15. The fraction of sp³-hybridized carbons (Fsp3) is 0.316. The van der Waals surface area contributed by atoms with Crippen LogP contribution in [0, 0.1) is 5.92 Å². The van der Waals surface area contributed by atoms with E-state index in [0.717, 1.165) is 18.7 Å². The molecule has 2 N–H and O–H groups in total. The van der Waals surface area contributed by atoms with Crippen LogP contribution >= 0.6 is 0 Å². The summed E-state index contributed by atoms with van der Waals surface area (Å²) in [4.78, 5) is 28.0. The van der Waals surface area contributed by atoms with Crippen LogP contribution in [-0.2, 0) is 4.74 Å². The third-order valence-corrected chi connectivity index (χ3v) is 3.58. The first kappa shape index (κ1) is 18.4. The summed E-state index contributed by atoms with van der Waals surface area (Å²) < 4.78 is 4.68. The van der Waals surface area contributed by atoms with Crippen LogP contribution in [0.25, 0.3) is 0 Å². The van der Waals surface area contributed by atoms with Crippen LogP contribution in [0.3, 0.4) is 0 Å². The van der Waals surface area contributed by atoms with E-state index < -0.39 is 5.97 Å². The van der Waals surface area contributed by atoms with Crippen molar-refractivity contribution in [1.29, 1.82) is 0 Å². The number of carbonyl (C=O) groups is 2. The molecule has 6 heteroatoms. The number of aromatic nitrogens is 1. The predicted molar refractivity (Wildman–Crippen MR) is 97.9 cm³/mol. The first-order valence-electron chi connectivity index (χ1n) is 8.19. The Morgan fingerprint density at radius 1 is 1.16 bits per heavy atom. The zero-order valence-corrected chi connectivity index (χ0v) is 14.7. The van der Waals surface area contributed by atoms with Crippen molar-refractivity contribution < 1.29 is 14.3 Å². The second-order valence-corrected chi connectivity index (χ2v) is 6.07. The number of benzene rings is 1. The molecule has 2 aromatic rings. The van der Waals surface area contributed by atoms with Crippen LogP contribution < -0.4 is 10.6 Å². The van der Waals surface area contributed by atoms with Gasteiger partial charge in [0.2, 0.25) is 0 Å². The molecule has 2 rings (SSSR count). The van der Waals surface area contributed by atoms with Gasteiger partial charge in [0.15, 0.2) is 0 Å². The van der Waals surface area contributed by atoms with Gasteiger partial charge in [-0.3, -0.25) is 9.78 Å². The molecule has 1 amide bonds. The zero-order chi connectivity index (χ0) is 18.2. The van der Waals surface area contributed by atoms with Crippen LogP contribution in [0.2, 0.25) is 0 Å². The molecule has 0 radical (unpaired) electrons. The number of methoxy groups -OCH3 is 1. The molecule has 0 unspecified atom stereocenters. The van der Waals surface area contributed by atoms with Crippen molar-refractivity contribution in [3.63, 3.8) is 0 Å². The average molecular weight is 341 g/mol. The molecule has 0 spiro atoms. The van der Waals surface area contributed by atoms with Crippen molar-refractivity contribution in [1.82, 2.24) is 4.98 Å². The molecule has 0 aliphatic carbocycles. The zero-order valence-electron chi connectivity index (χ0n) is 14.7. The van der Waals surface area contributed by atoms with Gasteiger partial charge >= 0.3 is 5.97 Å². The smallest absolute Gasteiger partial charge is 0.337 e. The van der Waals surface area contributed by atoms with E-state index in [1.807, 2.05) is 6.07 Å². The van der Waals surface area contributed by atoms with Crippen molar-refractivity contribution >= 4 is 23.3 Å². The van der Waals surface area contributed by atoms with Crippen molar-refractivity contribution in [2.24, 2.45) is 5.92 Å². The summed E-state index contributed by atoms with van der Waals surface area (Å²) >= 11 is 0. The lowest BCUT2D eigenvalue weighted by Gasteiger charge is -2.10. The molecule has 6 nitrogen and oxygen atoms in total. The molecule has 0 saturated heterocycles. The molecular formula is C19H23N3O3. The molecule has 25 heavy (non-hydrogen) atoms. The van der Waals surface area contributed by atoms with Gasteiger partial charge in [-0.1, -0.05) is 19.9 Å². The Morgan fingerprint density at radius 2 is 1.96 bits per heavy atom. The SMILES string of the molecule is COC(=O)c1cccc(NC(=O)c2cc(NCCC(C)C)ccn2)c1. The number of nitrogens with one attached hydrogen (secondary N) is 2. The predicted octanol–water partition coefficient (Wildman–Crippen LogP) is 3.58. The number of hydrogen-bond donors (Lipinski definition) is 2.